The minimum absolute atomic E-state index is 0.0755. The van der Waals surface area contributed by atoms with Gasteiger partial charge in [0.25, 0.3) is 0 Å². The monoisotopic (exact) mass is 216 g/mol. The van der Waals surface area contributed by atoms with E-state index in [1.54, 1.807) is 0 Å². The van der Waals surface area contributed by atoms with Crippen LogP contribution in [0.5, 0.6) is 0 Å². The maximum Gasteiger partial charge on any atom is 0.338 e. The lowest BCUT2D eigenvalue weighted by atomic mass is 10.1. The number of hydrogen-bond donors (Lipinski definition) is 2. The Balaban J connectivity index is 3.04. The number of halogens is 2. The normalized spacial score (nSPS) is 10.3. The molecule has 0 amide bonds. The third kappa shape index (κ3) is 2.50. The summed E-state index contributed by atoms with van der Waals surface area (Å²) in [5.74, 6) is -4.00. The molecule has 0 saturated carbocycles. The van der Waals surface area contributed by atoms with Gasteiger partial charge in [0, 0.05) is 6.61 Å². The van der Waals surface area contributed by atoms with Crippen molar-refractivity contribution in [2.45, 2.75) is 12.8 Å². The molecule has 2 N–H and O–H groups in total. The molecule has 0 heterocycles. The van der Waals surface area contributed by atoms with E-state index < -0.39 is 23.2 Å². The molecule has 0 aliphatic carbocycles. The molecule has 5 heteroatoms. The summed E-state index contributed by atoms with van der Waals surface area (Å²) in [5.41, 5.74) is -0.605. The number of rotatable bonds is 4. The first-order valence-corrected chi connectivity index (χ1v) is 4.39. The van der Waals surface area contributed by atoms with Gasteiger partial charge in [-0.1, -0.05) is 6.07 Å². The van der Waals surface area contributed by atoms with E-state index in [4.69, 9.17) is 10.2 Å². The van der Waals surface area contributed by atoms with Gasteiger partial charge in [0.2, 0.25) is 0 Å². The van der Waals surface area contributed by atoms with E-state index in [1.807, 2.05) is 0 Å². The Bertz CT molecular complexity index is 377. The van der Waals surface area contributed by atoms with E-state index in [0.29, 0.717) is 6.42 Å². The van der Waals surface area contributed by atoms with Gasteiger partial charge in [0.15, 0.2) is 11.6 Å². The van der Waals surface area contributed by atoms with Crippen LogP contribution in [0.15, 0.2) is 12.1 Å². The molecule has 0 saturated heterocycles. The highest BCUT2D eigenvalue weighted by molar-refractivity contribution is 5.88. The minimum atomic E-state index is -1.50. The summed E-state index contributed by atoms with van der Waals surface area (Å²) in [6.07, 6.45) is 0.488. The van der Waals surface area contributed by atoms with E-state index in [9.17, 15) is 13.6 Å². The number of aryl methyl sites for hydroxylation is 1. The van der Waals surface area contributed by atoms with Crippen molar-refractivity contribution in [3.8, 4) is 0 Å². The molecule has 82 valence electrons. The van der Waals surface area contributed by atoms with Crippen LogP contribution in [-0.4, -0.2) is 22.8 Å². The molecule has 15 heavy (non-hydrogen) atoms. The van der Waals surface area contributed by atoms with Crippen LogP contribution in [-0.2, 0) is 6.42 Å². The summed E-state index contributed by atoms with van der Waals surface area (Å²) < 4.78 is 26.3. The molecule has 0 atom stereocenters. The lowest BCUT2D eigenvalue weighted by molar-refractivity contribution is 0.0690. The van der Waals surface area contributed by atoms with Gasteiger partial charge in [0.1, 0.15) is 0 Å². The van der Waals surface area contributed by atoms with Crippen molar-refractivity contribution in [1.29, 1.82) is 0 Å². The molecule has 0 spiro atoms. The molecule has 0 aromatic heterocycles. The van der Waals surface area contributed by atoms with E-state index in [0.717, 1.165) is 6.07 Å². The van der Waals surface area contributed by atoms with Crippen LogP contribution in [0, 0.1) is 11.6 Å². The SMILES string of the molecule is O=C(O)c1ccc(CCCO)c(F)c1F. The minimum Gasteiger partial charge on any atom is -0.478 e. The van der Waals surface area contributed by atoms with Crippen LogP contribution in [0.3, 0.4) is 0 Å². The maximum atomic E-state index is 13.2. The summed E-state index contributed by atoms with van der Waals surface area (Å²) in [6.45, 7) is -0.123. The zero-order valence-corrected chi connectivity index (χ0v) is 7.83. The van der Waals surface area contributed by atoms with E-state index in [1.165, 1.54) is 6.07 Å². The summed E-state index contributed by atoms with van der Waals surface area (Å²) in [6, 6.07) is 2.24. The van der Waals surface area contributed by atoms with Crippen molar-refractivity contribution in [1.82, 2.24) is 0 Å². The van der Waals surface area contributed by atoms with Gasteiger partial charge in [-0.25, -0.2) is 13.6 Å². The molecular weight excluding hydrogens is 206 g/mol. The molecule has 1 aromatic carbocycles. The quantitative estimate of drug-likeness (QED) is 0.803. The van der Waals surface area contributed by atoms with Gasteiger partial charge in [-0.2, -0.15) is 0 Å². The predicted octanol–water partition coefficient (Wildman–Crippen LogP) is 1.59. The third-order valence-electron chi connectivity index (χ3n) is 2.00. The highest BCUT2D eigenvalue weighted by Crippen LogP contribution is 2.17. The van der Waals surface area contributed by atoms with Crippen molar-refractivity contribution in [3.05, 3.63) is 34.9 Å². The first-order chi connectivity index (χ1) is 7.07. The number of hydrogen-bond acceptors (Lipinski definition) is 2. The number of aliphatic hydroxyl groups is 1. The van der Waals surface area contributed by atoms with Crippen LogP contribution < -0.4 is 0 Å². The van der Waals surface area contributed by atoms with Gasteiger partial charge in [-0.05, 0) is 24.5 Å². The van der Waals surface area contributed by atoms with Crippen molar-refractivity contribution >= 4 is 5.97 Å². The highest BCUT2D eigenvalue weighted by Gasteiger charge is 2.17. The molecule has 0 radical (unpaired) electrons. The fourth-order valence-corrected chi connectivity index (χ4v) is 1.22. The number of carbonyl (C=O) groups is 1. The first-order valence-electron chi connectivity index (χ1n) is 4.39. The average molecular weight is 216 g/mol. The summed E-state index contributed by atoms with van der Waals surface area (Å²) in [4.78, 5) is 10.5. The Morgan fingerprint density at radius 1 is 1.27 bits per heavy atom. The zero-order valence-electron chi connectivity index (χ0n) is 7.83. The standard InChI is InChI=1S/C10H10F2O3/c11-8-6(2-1-5-13)3-4-7(9(8)12)10(14)15/h3-4,13H,1-2,5H2,(H,14,15). The van der Waals surface area contributed by atoms with E-state index in [2.05, 4.69) is 0 Å². The van der Waals surface area contributed by atoms with Gasteiger partial charge < -0.3 is 10.2 Å². The van der Waals surface area contributed by atoms with Crippen LogP contribution >= 0.6 is 0 Å². The Hall–Kier alpha value is -1.49. The van der Waals surface area contributed by atoms with Gasteiger partial charge in [-0.3, -0.25) is 0 Å². The highest BCUT2D eigenvalue weighted by atomic mass is 19.2. The summed E-state index contributed by atoms with van der Waals surface area (Å²) in [7, 11) is 0. The molecule has 3 nitrogen and oxygen atoms in total. The summed E-state index contributed by atoms with van der Waals surface area (Å²) in [5, 5.41) is 17.0. The van der Waals surface area contributed by atoms with Crippen molar-refractivity contribution in [2.24, 2.45) is 0 Å². The van der Waals surface area contributed by atoms with Crippen molar-refractivity contribution in [3.63, 3.8) is 0 Å². The number of benzene rings is 1. The average Bonchev–Trinajstić information content (AvgIpc) is 2.20. The number of carboxylic acid groups (broad SMARTS) is 1. The number of carboxylic acids is 1. The molecule has 1 rings (SSSR count). The van der Waals surface area contributed by atoms with Gasteiger partial charge in [-0.15, -0.1) is 0 Å². The van der Waals surface area contributed by atoms with Crippen molar-refractivity contribution < 1.29 is 23.8 Å². The molecule has 0 aliphatic heterocycles. The second kappa shape index (κ2) is 4.84. The van der Waals surface area contributed by atoms with Crippen LogP contribution in [0.4, 0.5) is 8.78 Å². The zero-order chi connectivity index (χ0) is 11.4. The second-order valence-corrected chi connectivity index (χ2v) is 3.03. The Labute approximate surface area is 85.0 Å². The molecule has 0 fully saturated rings. The number of aliphatic hydroxyl groups excluding tert-OH is 1. The molecular formula is C10H10F2O3. The van der Waals surface area contributed by atoms with Crippen LogP contribution in [0.25, 0.3) is 0 Å². The summed E-state index contributed by atoms with van der Waals surface area (Å²) >= 11 is 0. The lowest BCUT2D eigenvalue weighted by Gasteiger charge is -2.04. The largest absolute Gasteiger partial charge is 0.478 e. The Morgan fingerprint density at radius 3 is 2.47 bits per heavy atom. The first kappa shape index (κ1) is 11.6. The topological polar surface area (TPSA) is 57.5 Å². The van der Waals surface area contributed by atoms with Crippen LogP contribution in [0.1, 0.15) is 22.3 Å². The molecule has 1 aromatic rings. The number of aromatic carboxylic acids is 1. The third-order valence-corrected chi connectivity index (χ3v) is 2.00. The molecule has 0 bridgehead atoms. The lowest BCUT2D eigenvalue weighted by Crippen LogP contribution is -2.05. The molecule has 0 unspecified atom stereocenters. The maximum absolute atomic E-state index is 13.2. The van der Waals surface area contributed by atoms with Crippen molar-refractivity contribution in [2.75, 3.05) is 6.61 Å². The van der Waals surface area contributed by atoms with E-state index in [-0.39, 0.29) is 18.6 Å². The molecule has 0 aliphatic rings. The Morgan fingerprint density at radius 2 is 1.93 bits per heavy atom. The predicted molar refractivity (Wildman–Crippen MR) is 48.7 cm³/mol. The smallest absolute Gasteiger partial charge is 0.338 e. The van der Waals surface area contributed by atoms with Crippen LogP contribution in [0.2, 0.25) is 0 Å². The van der Waals surface area contributed by atoms with Gasteiger partial charge in [0.05, 0.1) is 5.56 Å². The fraction of sp³-hybridized carbons (Fsp3) is 0.300. The van der Waals surface area contributed by atoms with Gasteiger partial charge >= 0.3 is 5.97 Å². The second-order valence-electron chi connectivity index (χ2n) is 3.03. The van der Waals surface area contributed by atoms with E-state index >= 15 is 0 Å². The fourth-order valence-electron chi connectivity index (χ4n) is 1.22. The Kier molecular flexibility index (Phi) is 3.74.